The van der Waals surface area contributed by atoms with Gasteiger partial charge in [0, 0.05) is 30.4 Å². The van der Waals surface area contributed by atoms with E-state index >= 15 is 0 Å². The first kappa shape index (κ1) is 21.1. The maximum atomic E-state index is 12.3. The van der Waals surface area contributed by atoms with E-state index in [2.05, 4.69) is 0 Å². The molecule has 0 radical (unpaired) electrons. The molecule has 0 aliphatic carbocycles. The molecule has 0 unspecified atom stereocenters. The fourth-order valence-electron chi connectivity index (χ4n) is 3.19. The van der Waals surface area contributed by atoms with Crippen LogP contribution in [0.5, 0.6) is 0 Å². The summed E-state index contributed by atoms with van der Waals surface area (Å²) in [6.45, 7) is 4.55. The molecule has 154 valence electrons. The highest BCUT2D eigenvalue weighted by molar-refractivity contribution is 6.02. The van der Waals surface area contributed by atoms with Crippen LogP contribution in [-0.4, -0.2) is 36.6 Å². The van der Waals surface area contributed by atoms with E-state index in [9.17, 15) is 14.9 Å². The largest absolute Gasteiger partial charge is 0.453 e. The van der Waals surface area contributed by atoms with Crippen LogP contribution < -0.4 is 0 Å². The van der Waals surface area contributed by atoms with Crippen LogP contribution in [0.4, 0.5) is 0 Å². The normalized spacial score (nSPS) is 11.5. The summed E-state index contributed by atoms with van der Waals surface area (Å²) in [4.78, 5) is 24.6. The molecule has 30 heavy (non-hydrogen) atoms. The van der Waals surface area contributed by atoms with Gasteiger partial charge in [-0.3, -0.25) is 4.79 Å². The molecule has 0 N–H and O–H groups in total. The molecule has 3 aromatic rings. The minimum atomic E-state index is -0.858. The van der Waals surface area contributed by atoms with Crippen molar-refractivity contribution in [2.45, 2.75) is 20.4 Å². The van der Waals surface area contributed by atoms with Gasteiger partial charge in [-0.1, -0.05) is 18.2 Å². The Morgan fingerprint density at radius 2 is 2.00 bits per heavy atom. The molecule has 2 aromatic heterocycles. The Morgan fingerprint density at radius 1 is 1.23 bits per heavy atom. The zero-order valence-electron chi connectivity index (χ0n) is 17.1. The summed E-state index contributed by atoms with van der Waals surface area (Å²) in [6.07, 6.45) is 1.47. The molecule has 0 fully saturated rings. The summed E-state index contributed by atoms with van der Waals surface area (Å²) in [5.74, 6) is -1.23. The highest BCUT2D eigenvalue weighted by atomic mass is 16.5. The Balaban J connectivity index is 1.70. The number of aryl methyl sites for hydroxylation is 1. The van der Waals surface area contributed by atoms with E-state index < -0.39 is 18.4 Å². The molecule has 2 heterocycles. The number of fused-ring (bicyclic) bond motifs is 1. The van der Waals surface area contributed by atoms with Crippen LogP contribution in [-0.2, 0) is 20.8 Å². The fraction of sp³-hybridized carbons (Fsp3) is 0.261. The fourth-order valence-corrected chi connectivity index (χ4v) is 3.19. The number of nitrogens with zero attached hydrogens (tertiary/aromatic N) is 2. The van der Waals surface area contributed by atoms with E-state index in [4.69, 9.17) is 13.9 Å². The molecule has 7 nitrogen and oxygen atoms in total. The monoisotopic (exact) mass is 406 g/mol. The van der Waals surface area contributed by atoms with Crippen molar-refractivity contribution in [3.05, 3.63) is 64.7 Å². The number of benzene rings is 1. The summed E-state index contributed by atoms with van der Waals surface area (Å²) in [7, 11) is 1.63. The Bertz CT molecular complexity index is 1130. The standard InChI is InChI=1S/C23H22N2O5/c1-15-10-18(16(2)25(15)8-9-28-3)11-19(13-24)23(27)29-14-20(26)22-12-17-6-4-5-7-21(17)30-22/h4-7,10-12H,8-9,14H2,1-3H3/b19-11+. The van der Waals surface area contributed by atoms with Crippen molar-refractivity contribution < 1.29 is 23.5 Å². The predicted octanol–water partition coefficient (Wildman–Crippen LogP) is 3.83. The second kappa shape index (κ2) is 9.25. The van der Waals surface area contributed by atoms with Crippen molar-refractivity contribution in [2.75, 3.05) is 20.3 Å². The molecule has 3 rings (SSSR count). The number of rotatable bonds is 8. The van der Waals surface area contributed by atoms with Crippen LogP contribution in [0, 0.1) is 25.2 Å². The Morgan fingerprint density at radius 3 is 2.70 bits per heavy atom. The Labute approximate surface area is 174 Å². The average molecular weight is 406 g/mol. The van der Waals surface area contributed by atoms with E-state index in [-0.39, 0.29) is 11.3 Å². The van der Waals surface area contributed by atoms with E-state index in [1.54, 1.807) is 25.3 Å². The lowest BCUT2D eigenvalue weighted by Gasteiger charge is -2.08. The molecule has 0 saturated carbocycles. The predicted molar refractivity (Wildman–Crippen MR) is 111 cm³/mol. The number of ether oxygens (including phenoxy) is 2. The van der Waals surface area contributed by atoms with Crippen molar-refractivity contribution in [2.24, 2.45) is 0 Å². The first-order chi connectivity index (χ1) is 14.4. The van der Waals surface area contributed by atoms with Crippen LogP contribution in [0.3, 0.4) is 0 Å². The van der Waals surface area contributed by atoms with Gasteiger partial charge in [-0.15, -0.1) is 0 Å². The highest BCUT2D eigenvalue weighted by Crippen LogP contribution is 2.20. The van der Waals surface area contributed by atoms with E-state index in [1.165, 1.54) is 6.08 Å². The first-order valence-electron chi connectivity index (χ1n) is 9.41. The minimum absolute atomic E-state index is 0.105. The molecule has 1 aromatic carbocycles. The number of esters is 1. The third kappa shape index (κ3) is 4.50. The molecule has 7 heteroatoms. The minimum Gasteiger partial charge on any atom is -0.453 e. The molecule has 0 aliphatic rings. The number of ketones is 1. The summed E-state index contributed by atoms with van der Waals surface area (Å²) in [5, 5.41) is 10.2. The average Bonchev–Trinajstić information content (AvgIpc) is 3.29. The molecule has 0 saturated heterocycles. The number of furan rings is 1. The number of para-hydroxylation sites is 1. The van der Waals surface area contributed by atoms with E-state index in [1.807, 2.05) is 42.7 Å². The van der Waals surface area contributed by atoms with Crippen molar-refractivity contribution in [1.82, 2.24) is 4.57 Å². The van der Waals surface area contributed by atoms with E-state index in [0.29, 0.717) is 18.7 Å². The number of hydrogen-bond donors (Lipinski definition) is 0. The maximum Gasteiger partial charge on any atom is 0.349 e. The van der Waals surface area contributed by atoms with Crippen LogP contribution in [0.15, 0.2) is 46.4 Å². The molecule has 0 amide bonds. The van der Waals surface area contributed by atoms with Crippen molar-refractivity contribution >= 4 is 28.8 Å². The van der Waals surface area contributed by atoms with Crippen LogP contribution in [0.2, 0.25) is 0 Å². The summed E-state index contributed by atoms with van der Waals surface area (Å²) in [5.41, 5.74) is 3.03. The zero-order chi connectivity index (χ0) is 21.7. The Hall–Kier alpha value is -3.63. The second-order valence-electron chi connectivity index (χ2n) is 6.79. The molecule has 0 aliphatic heterocycles. The number of aromatic nitrogens is 1. The third-order valence-electron chi connectivity index (χ3n) is 4.81. The van der Waals surface area contributed by atoms with Gasteiger partial charge in [0.1, 0.15) is 17.2 Å². The molecule has 0 atom stereocenters. The molecule has 0 bridgehead atoms. The summed E-state index contributed by atoms with van der Waals surface area (Å²) in [6, 6.07) is 12.5. The van der Waals surface area contributed by atoms with Gasteiger partial charge < -0.3 is 18.5 Å². The number of hydrogen-bond acceptors (Lipinski definition) is 6. The summed E-state index contributed by atoms with van der Waals surface area (Å²) >= 11 is 0. The van der Waals surface area contributed by atoms with Gasteiger partial charge in [0.25, 0.3) is 0 Å². The van der Waals surface area contributed by atoms with Gasteiger partial charge in [0.05, 0.1) is 6.61 Å². The Kier molecular flexibility index (Phi) is 6.50. The summed E-state index contributed by atoms with van der Waals surface area (Å²) < 4.78 is 17.7. The quantitative estimate of drug-likeness (QED) is 0.244. The molecule has 0 spiro atoms. The van der Waals surface area contributed by atoms with Crippen LogP contribution in [0.25, 0.3) is 17.0 Å². The van der Waals surface area contributed by atoms with Gasteiger partial charge in [0.15, 0.2) is 12.4 Å². The highest BCUT2D eigenvalue weighted by Gasteiger charge is 2.18. The zero-order valence-corrected chi connectivity index (χ0v) is 17.1. The SMILES string of the molecule is COCCn1c(C)cc(/C=C(\C#N)C(=O)OCC(=O)c2cc3ccccc3o2)c1C. The van der Waals surface area contributed by atoms with Crippen LogP contribution in [0.1, 0.15) is 27.5 Å². The number of Topliss-reactive ketones (excluding diaryl/α,β-unsaturated/α-hetero) is 1. The maximum absolute atomic E-state index is 12.3. The van der Waals surface area contributed by atoms with Gasteiger partial charge in [0.2, 0.25) is 5.78 Å². The second-order valence-corrected chi connectivity index (χ2v) is 6.79. The number of carbonyl (C=O) groups excluding carboxylic acids is 2. The van der Waals surface area contributed by atoms with Crippen LogP contribution >= 0.6 is 0 Å². The van der Waals surface area contributed by atoms with Gasteiger partial charge >= 0.3 is 5.97 Å². The van der Waals surface area contributed by atoms with Crippen molar-refractivity contribution in [3.63, 3.8) is 0 Å². The smallest absolute Gasteiger partial charge is 0.349 e. The number of carbonyl (C=O) groups is 2. The van der Waals surface area contributed by atoms with Crippen molar-refractivity contribution in [3.8, 4) is 6.07 Å². The lowest BCUT2D eigenvalue weighted by Crippen LogP contribution is -2.14. The lowest BCUT2D eigenvalue weighted by molar-refractivity contribution is -0.137. The van der Waals surface area contributed by atoms with Gasteiger partial charge in [-0.05, 0) is 43.7 Å². The topological polar surface area (TPSA) is 94.5 Å². The molecular formula is C23H22N2O5. The number of nitriles is 1. The van der Waals surface area contributed by atoms with Gasteiger partial charge in [-0.2, -0.15) is 5.26 Å². The van der Waals surface area contributed by atoms with Gasteiger partial charge in [-0.25, -0.2) is 4.79 Å². The number of methoxy groups -OCH3 is 1. The lowest BCUT2D eigenvalue weighted by atomic mass is 10.1. The van der Waals surface area contributed by atoms with E-state index in [0.717, 1.165) is 22.3 Å². The van der Waals surface area contributed by atoms with Crippen molar-refractivity contribution in [1.29, 1.82) is 5.26 Å². The third-order valence-corrected chi connectivity index (χ3v) is 4.81. The first-order valence-corrected chi connectivity index (χ1v) is 9.41. The molecular weight excluding hydrogens is 384 g/mol.